The van der Waals surface area contributed by atoms with Crippen LogP contribution in [0.4, 0.5) is 0 Å². The zero-order valence-electron chi connectivity index (χ0n) is 13.7. The van der Waals surface area contributed by atoms with Gasteiger partial charge in [-0.2, -0.15) is 12.6 Å². The van der Waals surface area contributed by atoms with E-state index in [1.165, 1.54) is 70.8 Å². The van der Waals surface area contributed by atoms with Crippen LogP contribution in [0, 0.1) is 11.8 Å². The molecule has 118 valence electrons. The van der Waals surface area contributed by atoms with Gasteiger partial charge < -0.3 is 0 Å². The van der Waals surface area contributed by atoms with E-state index in [1.54, 1.807) is 0 Å². The molecule has 1 nitrogen and oxygen atoms in total. The topological polar surface area (TPSA) is 3.24 Å². The van der Waals surface area contributed by atoms with Crippen molar-refractivity contribution < 1.29 is 0 Å². The van der Waals surface area contributed by atoms with Crippen molar-refractivity contribution in [1.29, 1.82) is 0 Å². The van der Waals surface area contributed by atoms with Crippen LogP contribution in [-0.4, -0.2) is 29.3 Å². The summed E-state index contributed by atoms with van der Waals surface area (Å²) in [4.78, 5) is 2.94. The summed E-state index contributed by atoms with van der Waals surface area (Å²) in [5.74, 6) is 2.58. The summed E-state index contributed by atoms with van der Waals surface area (Å²) in [5, 5.41) is 0. The first kappa shape index (κ1) is 16.7. The summed E-state index contributed by atoms with van der Waals surface area (Å²) in [6, 6.07) is 1.76. The van der Waals surface area contributed by atoms with E-state index in [0.29, 0.717) is 0 Å². The minimum atomic E-state index is 0.766. The third-order valence-corrected chi connectivity index (χ3v) is 6.18. The summed E-state index contributed by atoms with van der Waals surface area (Å²) < 4.78 is 0. The summed E-state index contributed by atoms with van der Waals surface area (Å²) in [7, 11) is 0. The number of nitrogens with zero attached hydrogens (tertiary/aromatic N) is 1. The number of hydrogen-bond donors (Lipinski definition) is 1. The second-order valence-corrected chi connectivity index (χ2v) is 7.83. The fraction of sp³-hybridized carbons (Fsp3) is 1.00. The fourth-order valence-corrected chi connectivity index (χ4v) is 4.71. The van der Waals surface area contributed by atoms with Gasteiger partial charge in [0.25, 0.3) is 0 Å². The highest BCUT2D eigenvalue weighted by Gasteiger charge is 2.30. The maximum atomic E-state index is 4.63. The molecule has 1 unspecified atom stereocenters. The normalized spacial score (nSPS) is 24.4. The lowest BCUT2D eigenvalue weighted by Crippen LogP contribution is -2.48. The van der Waals surface area contributed by atoms with Gasteiger partial charge in [-0.25, -0.2) is 0 Å². The number of thiol groups is 1. The molecular formula is C18H35NS. The molecule has 1 atom stereocenters. The Morgan fingerprint density at radius 1 is 0.850 bits per heavy atom. The summed E-state index contributed by atoms with van der Waals surface area (Å²) >= 11 is 4.63. The Labute approximate surface area is 132 Å². The highest BCUT2D eigenvalue weighted by atomic mass is 32.1. The minimum Gasteiger partial charge on any atom is -0.297 e. The van der Waals surface area contributed by atoms with Crippen molar-refractivity contribution in [2.45, 2.75) is 90.1 Å². The highest BCUT2D eigenvalue weighted by Crippen LogP contribution is 2.31. The van der Waals surface area contributed by atoms with Crippen molar-refractivity contribution in [3.05, 3.63) is 0 Å². The van der Waals surface area contributed by atoms with Crippen molar-refractivity contribution in [3.63, 3.8) is 0 Å². The van der Waals surface area contributed by atoms with Gasteiger partial charge in [0.1, 0.15) is 0 Å². The van der Waals surface area contributed by atoms with Gasteiger partial charge in [-0.3, -0.25) is 4.90 Å². The van der Waals surface area contributed by atoms with Crippen molar-refractivity contribution in [2.75, 3.05) is 12.3 Å². The lowest BCUT2D eigenvalue weighted by Gasteiger charge is -2.43. The van der Waals surface area contributed by atoms with E-state index in [1.807, 2.05) is 0 Å². The quantitative estimate of drug-likeness (QED) is 0.663. The van der Waals surface area contributed by atoms with Gasteiger partial charge in [0.05, 0.1) is 0 Å². The molecule has 2 aliphatic carbocycles. The third kappa shape index (κ3) is 4.66. The van der Waals surface area contributed by atoms with E-state index in [9.17, 15) is 0 Å². The van der Waals surface area contributed by atoms with Crippen LogP contribution in [0.15, 0.2) is 0 Å². The Kier molecular flexibility index (Phi) is 7.24. The minimum absolute atomic E-state index is 0.766. The van der Waals surface area contributed by atoms with E-state index in [2.05, 4.69) is 31.4 Å². The standard InChI is InChI=1S/C18H35NS/c1-15(2)16(14-20)13-19(17-9-5-3-6-10-17)18-11-7-4-8-12-18/h15-18,20H,3-14H2,1-2H3. The van der Waals surface area contributed by atoms with Crippen LogP contribution in [0.1, 0.15) is 78.1 Å². The van der Waals surface area contributed by atoms with E-state index < -0.39 is 0 Å². The maximum absolute atomic E-state index is 4.63. The number of hydrogen-bond acceptors (Lipinski definition) is 2. The van der Waals surface area contributed by atoms with Crippen molar-refractivity contribution in [2.24, 2.45) is 11.8 Å². The van der Waals surface area contributed by atoms with Crippen molar-refractivity contribution in [1.82, 2.24) is 4.90 Å². The van der Waals surface area contributed by atoms with Gasteiger partial charge in [-0.05, 0) is 43.3 Å². The molecule has 0 amide bonds. The monoisotopic (exact) mass is 297 g/mol. The second kappa shape index (κ2) is 8.68. The predicted molar refractivity (Wildman–Crippen MR) is 92.6 cm³/mol. The molecule has 2 fully saturated rings. The molecule has 2 rings (SSSR count). The molecule has 0 aromatic rings. The lowest BCUT2D eigenvalue weighted by atomic mass is 9.86. The Morgan fingerprint density at radius 2 is 1.30 bits per heavy atom. The SMILES string of the molecule is CC(C)C(CS)CN(C1CCCCC1)C1CCCCC1. The van der Waals surface area contributed by atoms with Crippen LogP contribution in [0.3, 0.4) is 0 Å². The van der Waals surface area contributed by atoms with E-state index in [-0.39, 0.29) is 0 Å². The first-order valence-electron chi connectivity index (χ1n) is 9.09. The predicted octanol–water partition coefficient (Wildman–Crippen LogP) is 5.16. The van der Waals surface area contributed by atoms with Crippen LogP contribution in [0.2, 0.25) is 0 Å². The average molecular weight is 298 g/mol. The molecule has 0 radical (unpaired) electrons. The van der Waals surface area contributed by atoms with Gasteiger partial charge in [-0.1, -0.05) is 52.4 Å². The number of rotatable bonds is 6. The Morgan fingerprint density at radius 3 is 1.65 bits per heavy atom. The zero-order chi connectivity index (χ0) is 14.4. The summed E-state index contributed by atoms with van der Waals surface area (Å²) in [6.45, 7) is 6.05. The van der Waals surface area contributed by atoms with E-state index in [4.69, 9.17) is 0 Å². The van der Waals surface area contributed by atoms with Crippen LogP contribution < -0.4 is 0 Å². The first-order chi connectivity index (χ1) is 9.72. The van der Waals surface area contributed by atoms with E-state index >= 15 is 0 Å². The van der Waals surface area contributed by atoms with Gasteiger partial charge >= 0.3 is 0 Å². The molecule has 0 bridgehead atoms. The van der Waals surface area contributed by atoms with E-state index in [0.717, 1.165) is 29.7 Å². The van der Waals surface area contributed by atoms with Gasteiger partial charge in [0.2, 0.25) is 0 Å². The summed E-state index contributed by atoms with van der Waals surface area (Å²) in [5.41, 5.74) is 0. The maximum Gasteiger partial charge on any atom is 0.00983 e. The molecule has 0 aromatic carbocycles. The molecule has 0 aliphatic heterocycles. The smallest absolute Gasteiger partial charge is 0.00983 e. The molecule has 0 N–H and O–H groups in total. The molecule has 2 heteroatoms. The zero-order valence-corrected chi connectivity index (χ0v) is 14.6. The molecule has 0 saturated heterocycles. The molecule has 2 aliphatic rings. The molecule has 0 spiro atoms. The Balaban J connectivity index is 2.01. The Bertz CT molecular complexity index is 236. The Hall–Kier alpha value is 0.310. The molecule has 0 heterocycles. The molecule has 2 saturated carbocycles. The van der Waals surface area contributed by atoms with Gasteiger partial charge in [0, 0.05) is 18.6 Å². The largest absolute Gasteiger partial charge is 0.297 e. The molecular weight excluding hydrogens is 262 g/mol. The van der Waals surface area contributed by atoms with Crippen LogP contribution in [-0.2, 0) is 0 Å². The third-order valence-electron chi connectivity index (χ3n) is 5.71. The van der Waals surface area contributed by atoms with Gasteiger partial charge in [-0.15, -0.1) is 0 Å². The first-order valence-corrected chi connectivity index (χ1v) is 9.72. The van der Waals surface area contributed by atoms with Crippen LogP contribution >= 0.6 is 12.6 Å². The van der Waals surface area contributed by atoms with Crippen molar-refractivity contribution >= 4 is 12.6 Å². The van der Waals surface area contributed by atoms with Crippen LogP contribution in [0.25, 0.3) is 0 Å². The van der Waals surface area contributed by atoms with Crippen molar-refractivity contribution in [3.8, 4) is 0 Å². The second-order valence-electron chi connectivity index (χ2n) is 7.47. The lowest BCUT2D eigenvalue weighted by molar-refractivity contribution is 0.0602. The summed E-state index contributed by atoms with van der Waals surface area (Å²) in [6.07, 6.45) is 14.6. The van der Waals surface area contributed by atoms with Crippen LogP contribution in [0.5, 0.6) is 0 Å². The highest BCUT2D eigenvalue weighted by molar-refractivity contribution is 7.80. The molecule has 0 aromatic heterocycles. The average Bonchev–Trinajstić information content (AvgIpc) is 2.50. The fourth-order valence-electron chi connectivity index (χ4n) is 4.17. The van der Waals surface area contributed by atoms with Gasteiger partial charge in [0.15, 0.2) is 0 Å². The molecule has 20 heavy (non-hydrogen) atoms.